The Hall–Kier alpha value is -0.770. The molecule has 0 aliphatic carbocycles. The number of nitrogens with one attached hydrogen (secondary N) is 1. The zero-order valence-corrected chi connectivity index (χ0v) is 10.7. The van der Waals surface area contributed by atoms with Crippen molar-refractivity contribution < 1.29 is 4.74 Å². The van der Waals surface area contributed by atoms with Crippen LogP contribution in [0.1, 0.15) is 13.8 Å². The number of halogens is 1. The lowest BCUT2D eigenvalue weighted by molar-refractivity contribution is 0.0688. The predicted octanol–water partition coefficient (Wildman–Crippen LogP) is 2.50. The molecule has 4 heteroatoms. The maximum atomic E-state index is 6.09. The van der Waals surface area contributed by atoms with E-state index in [1.165, 1.54) is 0 Å². The topological polar surface area (TPSA) is 47.3 Å². The third-order valence-electron chi connectivity index (χ3n) is 2.97. The van der Waals surface area contributed by atoms with E-state index in [9.17, 15) is 0 Å². The zero-order chi connectivity index (χ0) is 12.2. The quantitative estimate of drug-likeness (QED) is 0.834. The second-order valence-corrected chi connectivity index (χ2v) is 4.51. The van der Waals surface area contributed by atoms with Gasteiger partial charge in [0.1, 0.15) is 0 Å². The molecule has 0 amide bonds. The lowest BCUT2D eigenvalue weighted by Crippen LogP contribution is -2.52. The van der Waals surface area contributed by atoms with Gasteiger partial charge in [-0.1, -0.05) is 23.7 Å². The molecule has 0 radical (unpaired) electrons. The average Bonchev–Trinajstić information content (AvgIpc) is 2.31. The van der Waals surface area contributed by atoms with Crippen molar-refractivity contribution >= 4 is 17.3 Å². The molecule has 0 aromatic heterocycles. The van der Waals surface area contributed by atoms with Gasteiger partial charge in [0.15, 0.2) is 0 Å². The van der Waals surface area contributed by atoms with Gasteiger partial charge in [-0.25, -0.2) is 0 Å². The van der Waals surface area contributed by atoms with Crippen LogP contribution < -0.4 is 11.1 Å². The van der Waals surface area contributed by atoms with Gasteiger partial charge < -0.3 is 15.8 Å². The number of para-hydroxylation sites is 1. The van der Waals surface area contributed by atoms with Gasteiger partial charge in [-0.05, 0) is 26.0 Å². The summed E-state index contributed by atoms with van der Waals surface area (Å²) in [6.07, 6.45) is -0.00577. The summed E-state index contributed by atoms with van der Waals surface area (Å²) in [5.41, 5.74) is 6.34. The standard InChI is InChI=1S/C12H19ClN2O/c1-9(16-3)12(2,8-14)15-11-7-5-4-6-10(11)13/h4-7,9,15H,8,14H2,1-3H3. The van der Waals surface area contributed by atoms with Crippen LogP contribution in [0, 0.1) is 0 Å². The SMILES string of the molecule is COC(C)C(C)(CN)Nc1ccccc1Cl. The number of hydrogen-bond acceptors (Lipinski definition) is 3. The maximum Gasteiger partial charge on any atom is 0.0782 e. The minimum atomic E-state index is -0.334. The molecule has 2 atom stereocenters. The highest BCUT2D eigenvalue weighted by Gasteiger charge is 2.30. The van der Waals surface area contributed by atoms with Crippen LogP contribution in [0.5, 0.6) is 0 Å². The molecular formula is C12H19ClN2O. The van der Waals surface area contributed by atoms with Crippen molar-refractivity contribution in [1.29, 1.82) is 0 Å². The first-order valence-corrected chi connectivity index (χ1v) is 5.67. The first kappa shape index (κ1) is 13.3. The zero-order valence-electron chi connectivity index (χ0n) is 9.96. The number of rotatable bonds is 5. The molecule has 3 N–H and O–H groups in total. The summed E-state index contributed by atoms with van der Waals surface area (Å²) in [6.45, 7) is 4.47. The van der Waals surface area contributed by atoms with E-state index in [-0.39, 0.29) is 11.6 Å². The molecule has 1 rings (SSSR count). The van der Waals surface area contributed by atoms with Crippen molar-refractivity contribution in [1.82, 2.24) is 0 Å². The van der Waals surface area contributed by atoms with Crippen LogP contribution in [0.25, 0.3) is 0 Å². The molecule has 3 nitrogen and oxygen atoms in total. The number of ether oxygens (including phenoxy) is 1. The number of methoxy groups -OCH3 is 1. The number of benzene rings is 1. The summed E-state index contributed by atoms with van der Waals surface area (Å²) in [5, 5.41) is 4.03. The van der Waals surface area contributed by atoms with Crippen LogP contribution in [-0.4, -0.2) is 25.3 Å². The van der Waals surface area contributed by atoms with E-state index in [1.807, 2.05) is 38.1 Å². The molecule has 0 aliphatic rings. The third kappa shape index (κ3) is 2.88. The molecule has 1 aromatic carbocycles. The van der Waals surface area contributed by atoms with Gasteiger partial charge in [-0.15, -0.1) is 0 Å². The Balaban J connectivity index is 2.89. The molecule has 90 valence electrons. The van der Waals surface area contributed by atoms with Crippen LogP contribution in [0.2, 0.25) is 5.02 Å². The normalized spacial score (nSPS) is 16.6. The van der Waals surface area contributed by atoms with Gasteiger partial charge in [0.2, 0.25) is 0 Å². The summed E-state index contributed by atoms with van der Waals surface area (Å²) in [4.78, 5) is 0. The summed E-state index contributed by atoms with van der Waals surface area (Å²) >= 11 is 6.09. The molecule has 0 fully saturated rings. The first-order valence-electron chi connectivity index (χ1n) is 5.29. The van der Waals surface area contributed by atoms with Crippen LogP contribution in [0.4, 0.5) is 5.69 Å². The lowest BCUT2D eigenvalue weighted by atomic mass is 9.95. The van der Waals surface area contributed by atoms with E-state index in [1.54, 1.807) is 7.11 Å². The van der Waals surface area contributed by atoms with Crippen molar-refractivity contribution in [2.45, 2.75) is 25.5 Å². The first-order chi connectivity index (χ1) is 7.53. The molecule has 16 heavy (non-hydrogen) atoms. The second kappa shape index (κ2) is 5.53. The maximum absolute atomic E-state index is 6.09. The van der Waals surface area contributed by atoms with E-state index < -0.39 is 0 Å². The predicted molar refractivity (Wildman–Crippen MR) is 69.0 cm³/mol. The van der Waals surface area contributed by atoms with E-state index in [2.05, 4.69) is 5.32 Å². The Bertz CT molecular complexity index is 346. The van der Waals surface area contributed by atoms with E-state index in [0.29, 0.717) is 11.6 Å². The van der Waals surface area contributed by atoms with Crippen LogP contribution in [-0.2, 0) is 4.74 Å². The summed E-state index contributed by atoms with van der Waals surface area (Å²) in [7, 11) is 1.67. The fourth-order valence-corrected chi connectivity index (χ4v) is 1.63. The van der Waals surface area contributed by atoms with Gasteiger partial charge in [0, 0.05) is 13.7 Å². The third-order valence-corrected chi connectivity index (χ3v) is 3.30. The molecule has 0 aliphatic heterocycles. The minimum Gasteiger partial charge on any atom is -0.379 e. The van der Waals surface area contributed by atoms with Crippen LogP contribution in [0.3, 0.4) is 0 Å². The van der Waals surface area contributed by atoms with E-state index in [4.69, 9.17) is 22.1 Å². The van der Waals surface area contributed by atoms with Crippen molar-refractivity contribution in [2.75, 3.05) is 19.0 Å². The highest BCUT2D eigenvalue weighted by molar-refractivity contribution is 6.33. The molecule has 0 bridgehead atoms. The number of anilines is 1. The van der Waals surface area contributed by atoms with Gasteiger partial charge in [0.25, 0.3) is 0 Å². The summed E-state index contributed by atoms with van der Waals surface area (Å²) < 4.78 is 5.33. The Morgan fingerprint density at radius 2 is 2.12 bits per heavy atom. The molecular weight excluding hydrogens is 224 g/mol. The Kier molecular flexibility index (Phi) is 4.59. The van der Waals surface area contributed by atoms with E-state index in [0.717, 1.165) is 5.69 Å². The molecule has 1 aromatic rings. The van der Waals surface area contributed by atoms with Gasteiger partial charge in [0.05, 0.1) is 22.4 Å². The molecule has 0 spiro atoms. The smallest absolute Gasteiger partial charge is 0.0782 e. The minimum absolute atomic E-state index is 0.00577. The molecule has 0 heterocycles. The monoisotopic (exact) mass is 242 g/mol. The number of nitrogens with two attached hydrogens (primary N) is 1. The Morgan fingerprint density at radius 3 is 2.62 bits per heavy atom. The molecule has 2 unspecified atom stereocenters. The second-order valence-electron chi connectivity index (χ2n) is 4.10. The van der Waals surface area contributed by atoms with Crippen molar-refractivity contribution in [2.24, 2.45) is 5.73 Å². The largest absolute Gasteiger partial charge is 0.379 e. The van der Waals surface area contributed by atoms with E-state index >= 15 is 0 Å². The van der Waals surface area contributed by atoms with Crippen LogP contribution in [0.15, 0.2) is 24.3 Å². The average molecular weight is 243 g/mol. The van der Waals surface area contributed by atoms with Crippen LogP contribution >= 0.6 is 11.6 Å². The lowest BCUT2D eigenvalue weighted by Gasteiger charge is -2.35. The summed E-state index contributed by atoms with van der Waals surface area (Å²) in [5.74, 6) is 0. The molecule has 0 saturated heterocycles. The van der Waals surface area contributed by atoms with Gasteiger partial charge in [-0.3, -0.25) is 0 Å². The summed E-state index contributed by atoms with van der Waals surface area (Å²) in [6, 6.07) is 7.60. The Labute approximate surface area is 102 Å². The Morgan fingerprint density at radius 1 is 1.50 bits per heavy atom. The highest BCUT2D eigenvalue weighted by Crippen LogP contribution is 2.26. The van der Waals surface area contributed by atoms with Gasteiger partial charge in [-0.2, -0.15) is 0 Å². The van der Waals surface area contributed by atoms with Gasteiger partial charge >= 0.3 is 0 Å². The fraction of sp³-hybridized carbons (Fsp3) is 0.500. The van der Waals surface area contributed by atoms with Crippen molar-refractivity contribution in [3.63, 3.8) is 0 Å². The van der Waals surface area contributed by atoms with Crippen molar-refractivity contribution in [3.05, 3.63) is 29.3 Å². The van der Waals surface area contributed by atoms with Crippen molar-refractivity contribution in [3.8, 4) is 0 Å². The highest BCUT2D eigenvalue weighted by atomic mass is 35.5. The number of hydrogen-bond donors (Lipinski definition) is 2. The molecule has 0 saturated carbocycles. The fourth-order valence-electron chi connectivity index (χ4n) is 1.45.